The smallest absolute Gasteiger partial charge is 0.251 e. The van der Waals surface area contributed by atoms with Crippen LogP contribution in [0, 0.1) is 11.3 Å². The molecule has 1 unspecified atom stereocenters. The molecule has 0 aliphatic heterocycles. The molecule has 0 radical (unpaired) electrons. The van der Waals surface area contributed by atoms with Crippen LogP contribution in [0.1, 0.15) is 30.6 Å². The summed E-state index contributed by atoms with van der Waals surface area (Å²) in [5, 5.41) is 12.0. The molecule has 1 aliphatic rings. The number of hydrogen-bond acceptors (Lipinski definition) is 2. The van der Waals surface area contributed by atoms with Crippen molar-refractivity contribution < 1.29 is 9.90 Å². The molecule has 1 aromatic carbocycles. The Morgan fingerprint density at radius 2 is 2.00 bits per heavy atom. The molecule has 86 valence electrons. The van der Waals surface area contributed by atoms with Gasteiger partial charge < -0.3 is 10.4 Å². The van der Waals surface area contributed by atoms with E-state index in [-0.39, 0.29) is 11.7 Å². The van der Waals surface area contributed by atoms with E-state index in [1.165, 1.54) is 18.6 Å². The van der Waals surface area contributed by atoms with Crippen LogP contribution in [-0.4, -0.2) is 17.6 Å². The molecule has 0 bridgehead atoms. The summed E-state index contributed by atoms with van der Waals surface area (Å²) in [6.07, 6.45) is 1.18. The molecule has 0 heterocycles. The molecule has 1 atom stereocenters. The number of amides is 1. The van der Waals surface area contributed by atoms with E-state index in [0.29, 0.717) is 16.9 Å². The van der Waals surface area contributed by atoms with Crippen molar-refractivity contribution in [3.05, 3.63) is 29.8 Å². The number of phenols is 1. The van der Waals surface area contributed by atoms with Crippen LogP contribution < -0.4 is 5.32 Å². The Hall–Kier alpha value is -1.51. The van der Waals surface area contributed by atoms with Crippen LogP contribution in [0.25, 0.3) is 0 Å². The molecule has 1 aliphatic carbocycles. The highest BCUT2D eigenvalue weighted by Gasteiger charge is 2.45. The largest absolute Gasteiger partial charge is 0.508 e. The van der Waals surface area contributed by atoms with Gasteiger partial charge in [0.1, 0.15) is 5.75 Å². The Morgan fingerprint density at radius 3 is 2.50 bits per heavy atom. The average Bonchev–Trinajstić information content (AvgIpc) is 2.84. The lowest BCUT2D eigenvalue weighted by molar-refractivity contribution is 0.0950. The Labute approximate surface area is 95.5 Å². The standard InChI is InChI=1S/C13H17NO2/c1-13(2)7-10(13)8-14-12(16)9-3-5-11(15)6-4-9/h3-6,10,15H,7-8H2,1-2H3,(H,14,16). The zero-order valence-corrected chi connectivity index (χ0v) is 9.66. The summed E-state index contributed by atoms with van der Waals surface area (Å²) in [6, 6.07) is 6.30. The Kier molecular flexibility index (Phi) is 2.62. The summed E-state index contributed by atoms with van der Waals surface area (Å²) in [4.78, 5) is 11.7. The number of benzene rings is 1. The van der Waals surface area contributed by atoms with Crippen LogP contribution >= 0.6 is 0 Å². The van der Waals surface area contributed by atoms with Crippen molar-refractivity contribution in [2.75, 3.05) is 6.54 Å². The van der Waals surface area contributed by atoms with Crippen LogP contribution in [0.5, 0.6) is 5.75 Å². The van der Waals surface area contributed by atoms with E-state index in [9.17, 15) is 4.79 Å². The third kappa shape index (κ3) is 2.35. The fourth-order valence-electron chi connectivity index (χ4n) is 1.86. The maximum Gasteiger partial charge on any atom is 0.251 e. The van der Waals surface area contributed by atoms with Crippen LogP contribution in [0.15, 0.2) is 24.3 Å². The van der Waals surface area contributed by atoms with Crippen LogP contribution in [-0.2, 0) is 0 Å². The Morgan fingerprint density at radius 1 is 1.44 bits per heavy atom. The molecule has 0 saturated heterocycles. The average molecular weight is 219 g/mol. The van der Waals surface area contributed by atoms with Gasteiger partial charge in [-0.3, -0.25) is 4.79 Å². The predicted molar refractivity (Wildman–Crippen MR) is 62.3 cm³/mol. The molecule has 1 aromatic rings. The fourth-order valence-corrected chi connectivity index (χ4v) is 1.86. The first kappa shape index (κ1) is 11.0. The first-order valence-corrected chi connectivity index (χ1v) is 5.56. The van der Waals surface area contributed by atoms with Crippen molar-refractivity contribution in [2.24, 2.45) is 11.3 Å². The molecular formula is C13H17NO2. The number of carbonyl (C=O) groups is 1. The van der Waals surface area contributed by atoms with Gasteiger partial charge in [-0.1, -0.05) is 13.8 Å². The molecule has 1 saturated carbocycles. The van der Waals surface area contributed by atoms with Gasteiger partial charge in [-0.15, -0.1) is 0 Å². The minimum Gasteiger partial charge on any atom is -0.508 e. The number of hydrogen-bond donors (Lipinski definition) is 2. The first-order valence-electron chi connectivity index (χ1n) is 5.56. The molecule has 0 spiro atoms. The van der Waals surface area contributed by atoms with Gasteiger partial charge in [0.2, 0.25) is 0 Å². The Bertz CT molecular complexity index is 395. The van der Waals surface area contributed by atoms with E-state index >= 15 is 0 Å². The highest BCUT2D eigenvalue weighted by molar-refractivity contribution is 5.94. The maximum atomic E-state index is 11.7. The van der Waals surface area contributed by atoms with Crippen molar-refractivity contribution in [2.45, 2.75) is 20.3 Å². The highest BCUT2D eigenvalue weighted by atomic mass is 16.3. The van der Waals surface area contributed by atoms with Gasteiger partial charge in [0.15, 0.2) is 0 Å². The van der Waals surface area contributed by atoms with E-state index in [1.807, 2.05) is 0 Å². The van der Waals surface area contributed by atoms with Gasteiger partial charge in [-0.2, -0.15) is 0 Å². The fraction of sp³-hybridized carbons (Fsp3) is 0.462. The van der Waals surface area contributed by atoms with Gasteiger partial charge in [0.05, 0.1) is 0 Å². The number of carbonyl (C=O) groups excluding carboxylic acids is 1. The minimum absolute atomic E-state index is 0.0669. The van der Waals surface area contributed by atoms with Gasteiger partial charge in [-0.25, -0.2) is 0 Å². The molecule has 16 heavy (non-hydrogen) atoms. The number of phenolic OH excluding ortho intramolecular Hbond substituents is 1. The third-order valence-corrected chi connectivity index (χ3v) is 3.36. The zero-order valence-electron chi connectivity index (χ0n) is 9.66. The van der Waals surface area contributed by atoms with Crippen molar-refractivity contribution in [1.82, 2.24) is 5.32 Å². The van der Waals surface area contributed by atoms with Gasteiger partial charge in [0, 0.05) is 12.1 Å². The number of nitrogens with one attached hydrogen (secondary N) is 1. The topological polar surface area (TPSA) is 49.3 Å². The molecular weight excluding hydrogens is 202 g/mol. The summed E-state index contributed by atoms with van der Waals surface area (Å²) < 4.78 is 0. The van der Waals surface area contributed by atoms with Crippen LogP contribution in [0.2, 0.25) is 0 Å². The van der Waals surface area contributed by atoms with Gasteiger partial charge in [-0.05, 0) is 42.0 Å². The Balaban J connectivity index is 1.87. The molecule has 2 N–H and O–H groups in total. The molecule has 3 heteroatoms. The monoisotopic (exact) mass is 219 g/mol. The van der Waals surface area contributed by atoms with Crippen molar-refractivity contribution in [3.8, 4) is 5.75 Å². The number of rotatable bonds is 3. The van der Waals surface area contributed by atoms with Gasteiger partial charge in [0.25, 0.3) is 5.91 Å². The minimum atomic E-state index is -0.0669. The maximum absolute atomic E-state index is 11.7. The SMILES string of the molecule is CC1(C)CC1CNC(=O)c1ccc(O)cc1. The molecule has 1 fully saturated rings. The molecule has 3 nitrogen and oxygen atoms in total. The first-order chi connectivity index (χ1) is 7.49. The van der Waals surface area contributed by atoms with Crippen molar-refractivity contribution >= 4 is 5.91 Å². The summed E-state index contributed by atoms with van der Waals surface area (Å²) in [5.74, 6) is 0.719. The second-order valence-corrected chi connectivity index (χ2v) is 5.15. The van der Waals surface area contributed by atoms with Gasteiger partial charge >= 0.3 is 0 Å². The lowest BCUT2D eigenvalue weighted by Crippen LogP contribution is -2.26. The summed E-state index contributed by atoms with van der Waals surface area (Å²) in [5.41, 5.74) is 0.985. The second kappa shape index (κ2) is 3.81. The lowest BCUT2D eigenvalue weighted by Gasteiger charge is -2.06. The second-order valence-electron chi connectivity index (χ2n) is 5.15. The van der Waals surface area contributed by atoms with Crippen molar-refractivity contribution in [3.63, 3.8) is 0 Å². The quantitative estimate of drug-likeness (QED) is 0.818. The summed E-state index contributed by atoms with van der Waals surface area (Å²) >= 11 is 0. The van der Waals surface area contributed by atoms with E-state index < -0.39 is 0 Å². The van der Waals surface area contributed by atoms with E-state index in [4.69, 9.17) is 5.11 Å². The predicted octanol–water partition coefficient (Wildman–Crippen LogP) is 2.17. The van der Waals surface area contributed by atoms with E-state index in [2.05, 4.69) is 19.2 Å². The van der Waals surface area contributed by atoms with Crippen LogP contribution in [0.4, 0.5) is 0 Å². The van der Waals surface area contributed by atoms with E-state index in [0.717, 1.165) is 6.54 Å². The third-order valence-electron chi connectivity index (χ3n) is 3.36. The normalized spacial score (nSPS) is 21.5. The molecule has 0 aromatic heterocycles. The highest BCUT2D eigenvalue weighted by Crippen LogP contribution is 2.50. The van der Waals surface area contributed by atoms with E-state index in [1.54, 1.807) is 12.1 Å². The zero-order chi connectivity index (χ0) is 11.8. The molecule has 2 rings (SSSR count). The summed E-state index contributed by atoms with van der Waals surface area (Å²) in [7, 11) is 0. The summed E-state index contributed by atoms with van der Waals surface area (Å²) in [6.45, 7) is 5.17. The number of aromatic hydroxyl groups is 1. The molecule has 1 amide bonds. The lowest BCUT2D eigenvalue weighted by atomic mass is 10.1. The van der Waals surface area contributed by atoms with Crippen LogP contribution in [0.3, 0.4) is 0 Å². The van der Waals surface area contributed by atoms with Crippen molar-refractivity contribution in [1.29, 1.82) is 0 Å².